The van der Waals surface area contributed by atoms with E-state index in [0.29, 0.717) is 5.56 Å². The molecule has 1 fully saturated rings. The number of hydrogen-bond acceptors (Lipinski definition) is 2. The van der Waals surface area contributed by atoms with Crippen molar-refractivity contribution < 1.29 is 4.79 Å². The zero-order valence-electron chi connectivity index (χ0n) is 10.3. The number of benzene rings is 1. The molecule has 18 heavy (non-hydrogen) atoms. The predicted octanol–water partition coefficient (Wildman–Crippen LogP) is 2.74. The van der Waals surface area contributed by atoms with Gasteiger partial charge in [-0.3, -0.25) is 4.79 Å². The van der Waals surface area contributed by atoms with Crippen LogP contribution in [-0.4, -0.2) is 24.5 Å². The number of nitrogens with one attached hydrogen (secondary N) is 2. The van der Waals surface area contributed by atoms with Gasteiger partial charge in [-0.25, -0.2) is 0 Å². The third-order valence-corrected chi connectivity index (χ3v) is 3.70. The van der Waals surface area contributed by atoms with Crippen LogP contribution >= 0.6 is 28.3 Å². The van der Waals surface area contributed by atoms with Gasteiger partial charge in [0.25, 0.3) is 5.91 Å². The molecule has 1 heterocycles. The van der Waals surface area contributed by atoms with Crippen molar-refractivity contribution in [2.75, 3.05) is 13.1 Å². The van der Waals surface area contributed by atoms with Crippen LogP contribution in [0.2, 0.25) is 0 Å². The van der Waals surface area contributed by atoms with Crippen LogP contribution in [0.3, 0.4) is 0 Å². The minimum Gasteiger partial charge on any atom is -0.347 e. The molecule has 0 aromatic heterocycles. The summed E-state index contributed by atoms with van der Waals surface area (Å²) in [5, 5.41) is 6.44. The molecule has 0 aliphatic carbocycles. The Labute approximate surface area is 122 Å². The van der Waals surface area contributed by atoms with Crippen molar-refractivity contribution in [3.8, 4) is 0 Å². The van der Waals surface area contributed by atoms with Gasteiger partial charge in [0.15, 0.2) is 0 Å². The maximum atomic E-state index is 12.1. The lowest BCUT2D eigenvalue weighted by Gasteiger charge is -2.35. The second kappa shape index (κ2) is 6.55. The van der Waals surface area contributed by atoms with E-state index in [-0.39, 0.29) is 23.9 Å². The first-order chi connectivity index (χ1) is 8.09. The van der Waals surface area contributed by atoms with Gasteiger partial charge in [-0.05, 0) is 51.1 Å². The monoisotopic (exact) mass is 332 g/mol. The van der Waals surface area contributed by atoms with E-state index in [1.807, 2.05) is 24.3 Å². The van der Waals surface area contributed by atoms with Gasteiger partial charge in [0.2, 0.25) is 0 Å². The van der Waals surface area contributed by atoms with Crippen LogP contribution in [0.25, 0.3) is 0 Å². The molecule has 3 nitrogen and oxygen atoms in total. The quantitative estimate of drug-likeness (QED) is 0.874. The third-order valence-electron chi connectivity index (χ3n) is 3.21. The Balaban J connectivity index is 0.00000162. The minimum atomic E-state index is -0.0787. The summed E-state index contributed by atoms with van der Waals surface area (Å²) in [5.74, 6) is 0.00991. The number of rotatable bonds is 2. The molecule has 1 amide bonds. The Bertz CT molecular complexity index is 419. The zero-order chi connectivity index (χ0) is 12.3. The fraction of sp³-hybridized carbons (Fsp3) is 0.462. The number of carbonyl (C=O) groups is 1. The average Bonchev–Trinajstić information content (AvgIpc) is 2.29. The molecule has 1 saturated heterocycles. The third kappa shape index (κ3) is 3.97. The Hall–Kier alpha value is -0.580. The number of carbonyl (C=O) groups excluding carboxylic acids is 1. The fourth-order valence-corrected chi connectivity index (χ4v) is 2.48. The summed E-state index contributed by atoms with van der Waals surface area (Å²) >= 11 is 3.38. The van der Waals surface area contributed by atoms with Crippen LogP contribution in [0, 0.1) is 0 Å². The molecular weight excluding hydrogens is 316 g/mol. The maximum absolute atomic E-state index is 12.1. The molecule has 1 aromatic carbocycles. The van der Waals surface area contributed by atoms with Crippen LogP contribution < -0.4 is 10.6 Å². The highest BCUT2D eigenvalue weighted by atomic mass is 79.9. The summed E-state index contributed by atoms with van der Waals surface area (Å²) in [4.78, 5) is 12.1. The molecule has 0 spiro atoms. The van der Waals surface area contributed by atoms with Gasteiger partial charge in [-0.1, -0.05) is 22.0 Å². The lowest BCUT2D eigenvalue weighted by molar-refractivity contribution is 0.0887. The lowest BCUT2D eigenvalue weighted by atomic mass is 9.90. The van der Waals surface area contributed by atoms with Gasteiger partial charge in [0.05, 0.1) is 0 Å². The minimum absolute atomic E-state index is 0. The van der Waals surface area contributed by atoms with Crippen LogP contribution in [0.5, 0.6) is 0 Å². The molecule has 2 rings (SSSR count). The van der Waals surface area contributed by atoms with E-state index in [0.717, 1.165) is 30.4 Å². The van der Waals surface area contributed by atoms with Gasteiger partial charge in [-0.2, -0.15) is 0 Å². The summed E-state index contributed by atoms with van der Waals surface area (Å²) in [6.07, 6.45) is 1.96. The first kappa shape index (κ1) is 15.5. The van der Waals surface area contributed by atoms with E-state index in [2.05, 4.69) is 33.5 Å². The van der Waals surface area contributed by atoms with Crippen molar-refractivity contribution in [2.24, 2.45) is 0 Å². The molecule has 100 valence electrons. The molecular formula is C13H18BrClN2O. The van der Waals surface area contributed by atoms with Gasteiger partial charge in [0, 0.05) is 15.6 Å². The molecule has 1 aliphatic rings. The highest BCUT2D eigenvalue weighted by Gasteiger charge is 2.28. The maximum Gasteiger partial charge on any atom is 0.251 e. The van der Waals surface area contributed by atoms with Crippen molar-refractivity contribution >= 4 is 34.2 Å². The highest BCUT2D eigenvalue weighted by molar-refractivity contribution is 9.10. The van der Waals surface area contributed by atoms with Crippen LogP contribution in [0.1, 0.15) is 30.1 Å². The first-order valence-electron chi connectivity index (χ1n) is 5.88. The van der Waals surface area contributed by atoms with Crippen molar-refractivity contribution in [3.05, 3.63) is 34.3 Å². The SMILES string of the molecule is CC1(NC(=O)c2cccc(Br)c2)CCNCC1.Cl. The van der Waals surface area contributed by atoms with Crippen molar-refractivity contribution in [1.82, 2.24) is 10.6 Å². The molecule has 0 radical (unpaired) electrons. The van der Waals surface area contributed by atoms with Gasteiger partial charge >= 0.3 is 0 Å². The summed E-state index contributed by atoms with van der Waals surface area (Å²) < 4.78 is 0.931. The number of piperidine rings is 1. The molecule has 0 unspecified atom stereocenters. The summed E-state index contributed by atoms with van der Waals surface area (Å²) in [5.41, 5.74) is 0.629. The lowest BCUT2D eigenvalue weighted by Crippen LogP contribution is -2.52. The van der Waals surface area contributed by atoms with E-state index in [4.69, 9.17) is 0 Å². The largest absolute Gasteiger partial charge is 0.347 e. The smallest absolute Gasteiger partial charge is 0.251 e. The van der Waals surface area contributed by atoms with Crippen molar-refractivity contribution in [2.45, 2.75) is 25.3 Å². The van der Waals surface area contributed by atoms with Crippen molar-refractivity contribution in [3.63, 3.8) is 0 Å². The summed E-state index contributed by atoms with van der Waals surface area (Å²) in [6, 6.07) is 7.48. The van der Waals surface area contributed by atoms with Gasteiger partial charge < -0.3 is 10.6 Å². The molecule has 0 bridgehead atoms. The zero-order valence-corrected chi connectivity index (χ0v) is 12.7. The topological polar surface area (TPSA) is 41.1 Å². The second-order valence-electron chi connectivity index (χ2n) is 4.78. The molecule has 1 aliphatic heterocycles. The van der Waals surface area contributed by atoms with Crippen LogP contribution in [0.15, 0.2) is 28.7 Å². The molecule has 5 heteroatoms. The Morgan fingerprint density at radius 2 is 2.06 bits per heavy atom. The summed E-state index contributed by atoms with van der Waals surface area (Å²) in [7, 11) is 0. The Kier molecular flexibility index (Phi) is 5.63. The molecule has 2 N–H and O–H groups in total. The molecule has 0 saturated carbocycles. The van der Waals surface area contributed by atoms with E-state index in [9.17, 15) is 4.79 Å². The van der Waals surface area contributed by atoms with E-state index >= 15 is 0 Å². The standard InChI is InChI=1S/C13H17BrN2O.ClH/c1-13(5-7-15-8-6-13)16-12(17)10-3-2-4-11(14)9-10;/h2-4,9,15H,5-8H2,1H3,(H,16,17);1H. The normalized spacial score (nSPS) is 17.7. The summed E-state index contributed by atoms with van der Waals surface area (Å²) in [6.45, 7) is 4.05. The number of halogens is 2. The Morgan fingerprint density at radius 3 is 2.67 bits per heavy atom. The number of hydrogen-bond donors (Lipinski definition) is 2. The Morgan fingerprint density at radius 1 is 1.39 bits per heavy atom. The van der Waals surface area contributed by atoms with Crippen molar-refractivity contribution in [1.29, 1.82) is 0 Å². The van der Waals surface area contributed by atoms with E-state index in [1.54, 1.807) is 0 Å². The highest BCUT2D eigenvalue weighted by Crippen LogP contribution is 2.19. The fourth-order valence-electron chi connectivity index (χ4n) is 2.08. The number of amides is 1. The van der Waals surface area contributed by atoms with E-state index in [1.165, 1.54) is 0 Å². The van der Waals surface area contributed by atoms with Crippen LogP contribution in [0.4, 0.5) is 0 Å². The van der Waals surface area contributed by atoms with E-state index < -0.39 is 0 Å². The van der Waals surface area contributed by atoms with Crippen LogP contribution in [-0.2, 0) is 0 Å². The molecule has 1 aromatic rings. The second-order valence-corrected chi connectivity index (χ2v) is 5.69. The predicted molar refractivity (Wildman–Crippen MR) is 79.4 cm³/mol. The van der Waals surface area contributed by atoms with Gasteiger partial charge in [-0.15, -0.1) is 12.4 Å². The average molecular weight is 334 g/mol. The molecule has 0 atom stereocenters. The first-order valence-corrected chi connectivity index (χ1v) is 6.67. The van der Waals surface area contributed by atoms with Gasteiger partial charge in [0.1, 0.15) is 0 Å².